The molecule has 0 aliphatic heterocycles. The molecule has 0 aromatic heterocycles. The van der Waals surface area contributed by atoms with Gasteiger partial charge in [0.15, 0.2) is 0 Å². The second-order valence-corrected chi connectivity index (χ2v) is 5.56. The molecule has 0 aliphatic rings. The molecule has 2 rings (SSSR count). The van der Waals surface area contributed by atoms with E-state index in [1.54, 1.807) is 6.07 Å². The van der Waals surface area contributed by atoms with Crippen molar-refractivity contribution in [3.8, 4) is 11.5 Å². The minimum Gasteiger partial charge on any atom is -0.456 e. The third-order valence-electron chi connectivity index (χ3n) is 2.95. The maximum Gasteiger partial charge on any atom is 0.247 e. The van der Waals surface area contributed by atoms with Crippen molar-refractivity contribution in [3.63, 3.8) is 0 Å². The van der Waals surface area contributed by atoms with Crippen LogP contribution in [0.2, 0.25) is 0 Å². The highest BCUT2D eigenvalue weighted by Crippen LogP contribution is 2.33. The zero-order valence-electron chi connectivity index (χ0n) is 11.9. The van der Waals surface area contributed by atoms with Crippen molar-refractivity contribution < 1.29 is 9.53 Å². The highest BCUT2D eigenvalue weighted by molar-refractivity contribution is 9.10. The first-order valence-corrected chi connectivity index (χ1v) is 7.27. The zero-order chi connectivity index (χ0) is 15.4. The number of amides is 1. The topological polar surface area (TPSA) is 38.3 Å². The number of carbonyl (C=O) groups excluding carboxylic acids is 1. The van der Waals surface area contributed by atoms with E-state index >= 15 is 0 Å². The second-order valence-electron chi connectivity index (χ2n) is 4.71. The number of rotatable bonds is 4. The normalized spacial score (nSPS) is 10.0. The van der Waals surface area contributed by atoms with Crippen LogP contribution in [0.4, 0.5) is 5.69 Å². The minimum atomic E-state index is -0.249. The Morgan fingerprint density at radius 1 is 1.19 bits per heavy atom. The van der Waals surface area contributed by atoms with Crippen LogP contribution in [0.25, 0.3) is 0 Å². The third-order valence-corrected chi connectivity index (χ3v) is 3.60. The highest BCUT2D eigenvalue weighted by atomic mass is 79.9. The van der Waals surface area contributed by atoms with Gasteiger partial charge in [0.2, 0.25) is 5.91 Å². The Kier molecular flexibility index (Phi) is 4.81. The van der Waals surface area contributed by atoms with Crippen molar-refractivity contribution >= 4 is 27.5 Å². The van der Waals surface area contributed by atoms with E-state index in [-0.39, 0.29) is 5.91 Å². The van der Waals surface area contributed by atoms with Crippen LogP contribution >= 0.6 is 15.9 Å². The molecule has 0 radical (unpaired) electrons. The molecule has 0 unspecified atom stereocenters. The second kappa shape index (κ2) is 6.59. The molecule has 0 spiro atoms. The van der Waals surface area contributed by atoms with Crippen molar-refractivity contribution in [3.05, 3.63) is 64.7 Å². The summed E-state index contributed by atoms with van der Waals surface area (Å²) in [6.45, 7) is 7.40. The van der Waals surface area contributed by atoms with Gasteiger partial charge in [-0.3, -0.25) is 4.79 Å². The van der Waals surface area contributed by atoms with Gasteiger partial charge in [0.25, 0.3) is 0 Å². The Balaban J connectivity index is 2.30. The van der Waals surface area contributed by atoms with Crippen LogP contribution < -0.4 is 10.1 Å². The van der Waals surface area contributed by atoms with E-state index in [9.17, 15) is 4.79 Å². The maximum absolute atomic E-state index is 11.4. The number of benzene rings is 2. The molecule has 2 aromatic carbocycles. The summed E-state index contributed by atoms with van der Waals surface area (Å²) in [4.78, 5) is 11.4. The summed E-state index contributed by atoms with van der Waals surface area (Å²) in [5, 5.41) is 2.72. The van der Waals surface area contributed by atoms with E-state index < -0.39 is 0 Å². The first-order chi connectivity index (χ1) is 9.99. The number of carbonyl (C=O) groups is 1. The van der Waals surface area contributed by atoms with Gasteiger partial charge in [-0.15, -0.1) is 0 Å². The quantitative estimate of drug-likeness (QED) is 0.793. The molecule has 0 fully saturated rings. The van der Waals surface area contributed by atoms with Crippen LogP contribution in [0.15, 0.2) is 53.5 Å². The predicted molar refractivity (Wildman–Crippen MR) is 89.0 cm³/mol. The maximum atomic E-state index is 11.4. The summed E-state index contributed by atoms with van der Waals surface area (Å²) < 4.78 is 6.84. The molecule has 0 bridgehead atoms. The first-order valence-electron chi connectivity index (χ1n) is 6.47. The van der Waals surface area contributed by atoms with Crippen molar-refractivity contribution in [1.29, 1.82) is 0 Å². The largest absolute Gasteiger partial charge is 0.456 e. The Morgan fingerprint density at radius 2 is 1.95 bits per heavy atom. The van der Waals surface area contributed by atoms with Crippen LogP contribution in [-0.4, -0.2) is 5.91 Å². The summed E-state index contributed by atoms with van der Waals surface area (Å²) in [6.07, 6.45) is 1.23. The molecule has 3 nitrogen and oxygen atoms in total. The molecule has 2 aromatic rings. The standard InChI is InChI=1S/C17H16BrNO2/c1-4-17(20)19-13-7-6-12(3)15(10-13)21-16-9-11(2)5-8-14(16)18/h4-10H,1H2,2-3H3,(H,19,20). The lowest BCUT2D eigenvalue weighted by Gasteiger charge is -2.12. The van der Waals surface area contributed by atoms with E-state index in [0.717, 1.165) is 21.3 Å². The number of aryl methyl sites for hydroxylation is 2. The summed E-state index contributed by atoms with van der Waals surface area (Å²) in [5.74, 6) is 1.19. The smallest absolute Gasteiger partial charge is 0.247 e. The van der Waals surface area contributed by atoms with E-state index in [2.05, 4.69) is 27.8 Å². The summed E-state index contributed by atoms with van der Waals surface area (Å²) in [5.41, 5.74) is 2.77. The van der Waals surface area contributed by atoms with Gasteiger partial charge in [-0.2, -0.15) is 0 Å². The van der Waals surface area contributed by atoms with Crippen molar-refractivity contribution in [2.75, 3.05) is 5.32 Å². The van der Waals surface area contributed by atoms with Gasteiger partial charge in [0.1, 0.15) is 11.5 Å². The fourth-order valence-corrected chi connectivity index (χ4v) is 2.12. The average molecular weight is 346 g/mol. The molecule has 1 amide bonds. The van der Waals surface area contributed by atoms with Crippen LogP contribution in [0.5, 0.6) is 11.5 Å². The molecular formula is C17H16BrNO2. The Labute approximate surface area is 132 Å². The Bertz CT molecular complexity index is 695. The number of halogens is 1. The molecule has 0 heterocycles. The molecule has 108 valence electrons. The molecule has 0 saturated carbocycles. The van der Waals surface area contributed by atoms with Crippen LogP contribution in [0.3, 0.4) is 0 Å². The molecule has 0 saturated heterocycles. The molecule has 0 atom stereocenters. The van der Waals surface area contributed by atoms with Gasteiger partial charge in [-0.1, -0.05) is 18.7 Å². The van der Waals surface area contributed by atoms with Crippen LogP contribution in [0, 0.1) is 13.8 Å². The lowest BCUT2D eigenvalue weighted by atomic mass is 10.2. The molecule has 4 heteroatoms. The lowest BCUT2D eigenvalue weighted by molar-refractivity contribution is -0.111. The van der Waals surface area contributed by atoms with Gasteiger partial charge >= 0.3 is 0 Å². The zero-order valence-corrected chi connectivity index (χ0v) is 13.5. The highest BCUT2D eigenvalue weighted by Gasteiger charge is 2.07. The monoisotopic (exact) mass is 345 g/mol. The van der Waals surface area contributed by atoms with Crippen LogP contribution in [0.1, 0.15) is 11.1 Å². The van der Waals surface area contributed by atoms with Gasteiger partial charge in [0, 0.05) is 11.8 Å². The number of hydrogen-bond donors (Lipinski definition) is 1. The molecule has 21 heavy (non-hydrogen) atoms. The third kappa shape index (κ3) is 3.95. The van der Waals surface area contributed by atoms with E-state index in [4.69, 9.17) is 4.74 Å². The van der Waals surface area contributed by atoms with E-state index in [1.807, 2.05) is 44.2 Å². The first kappa shape index (κ1) is 15.3. The fourth-order valence-electron chi connectivity index (χ4n) is 1.79. The average Bonchev–Trinajstić information content (AvgIpc) is 2.46. The summed E-state index contributed by atoms with van der Waals surface area (Å²) in [7, 11) is 0. The predicted octanol–water partition coefficient (Wildman–Crippen LogP) is 4.98. The SMILES string of the molecule is C=CC(=O)Nc1ccc(C)c(Oc2cc(C)ccc2Br)c1. The lowest BCUT2D eigenvalue weighted by Crippen LogP contribution is -2.07. The molecule has 0 aliphatic carbocycles. The van der Waals surface area contributed by atoms with Gasteiger partial charge in [0.05, 0.1) is 4.47 Å². The van der Waals surface area contributed by atoms with Crippen molar-refractivity contribution in [1.82, 2.24) is 0 Å². The van der Waals surface area contributed by atoms with Crippen LogP contribution in [-0.2, 0) is 4.79 Å². The van der Waals surface area contributed by atoms with E-state index in [0.29, 0.717) is 11.4 Å². The summed E-state index contributed by atoms with van der Waals surface area (Å²) >= 11 is 3.47. The minimum absolute atomic E-state index is 0.249. The van der Waals surface area contributed by atoms with Gasteiger partial charge in [-0.25, -0.2) is 0 Å². The molecule has 1 N–H and O–H groups in total. The van der Waals surface area contributed by atoms with Crippen molar-refractivity contribution in [2.45, 2.75) is 13.8 Å². The number of ether oxygens (including phenoxy) is 1. The molecular weight excluding hydrogens is 330 g/mol. The van der Waals surface area contributed by atoms with Crippen molar-refractivity contribution in [2.24, 2.45) is 0 Å². The summed E-state index contributed by atoms with van der Waals surface area (Å²) in [6, 6.07) is 11.4. The Hall–Kier alpha value is -2.07. The number of nitrogens with one attached hydrogen (secondary N) is 1. The van der Waals surface area contributed by atoms with Gasteiger partial charge in [-0.05, 0) is 65.2 Å². The number of hydrogen-bond acceptors (Lipinski definition) is 2. The van der Waals surface area contributed by atoms with E-state index in [1.165, 1.54) is 6.08 Å². The fraction of sp³-hybridized carbons (Fsp3) is 0.118. The van der Waals surface area contributed by atoms with Gasteiger partial charge < -0.3 is 10.1 Å². The number of anilines is 1. The Morgan fingerprint density at radius 3 is 2.67 bits per heavy atom.